The van der Waals surface area contributed by atoms with Crippen LogP contribution in [0.2, 0.25) is 0 Å². The van der Waals surface area contributed by atoms with E-state index in [1.165, 1.54) is 22.2 Å². The summed E-state index contributed by atoms with van der Waals surface area (Å²) in [7, 11) is 0. The first-order valence-electron chi connectivity index (χ1n) is 10.3. The zero-order valence-corrected chi connectivity index (χ0v) is 19.6. The summed E-state index contributed by atoms with van der Waals surface area (Å²) in [4.78, 5) is 36.5. The highest BCUT2D eigenvalue weighted by Crippen LogP contribution is 2.27. The molecule has 3 aromatic heterocycles. The molecule has 0 atom stereocenters. The fraction of sp³-hybridized carbons (Fsp3) is 0.364. The Labute approximate surface area is 194 Å². The third kappa shape index (κ3) is 5.01. The lowest BCUT2D eigenvalue weighted by molar-refractivity contribution is 0.0222. The third-order valence-electron chi connectivity index (χ3n) is 4.81. The molecule has 0 radical (unpaired) electrons. The Morgan fingerprint density at radius 1 is 1.30 bits per heavy atom. The lowest BCUT2D eigenvalue weighted by Crippen LogP contribution is -2.39. The normalized spacial score (nSPS) is 13.2. The van der Waals surface area contributed by atoms with Gasteiger partial charge in [-0.1, -0.05) is 0 Å². The first-order valence-corrected chi connectivity index (χ1v) is 11.2. The summed E-state index contributed by atoms with van der Waals surface area (Å²) in [5, 5.41) is 16.4. The molecule has 1 aliphatic heterocycles. The Morgan fingerprint density at radius 2 is 2.09 bits per heavy atom. The highest BCUT2D eigenvalue weighted by molar-refractivity contribution is 7.13. The second-order valence-electron chi connectivity index (χ2n) is 8.62. The van der Waals surface area contributed by atoms with Gasteiger partial charge in [-0.2, -0.15) is 5.26 Å². The number of amides is 2. The number of pyridine rings is 1. The number of carbonyl (C=O) groups is 2. The minimum Gasteiger partial charge on any atom is -0.444 e. The minimum absolute atomic E-state index is 0.312. The van der Waals surface area contributed by atoms with Gasteiger partial charge in [0.15, 0.2) is 16.6 Å². The van der Waals surface area contributed by atoms with Crippen molar-refractivity contribution >= 4 is 29.2 Å². The lowest BCUT2D eigenvalue weighted by Gasteiger charge is -2.29. The molecule has 4 rings (SSSR count). The zero-order chi connectivity index (χ0) is 23.8. The van der Waals surface area contributed by atoms with Crippen molar-refractivity contribution in [1.29, 1.82) is 5.26 Å². The summed E-state index contributed by atoms with van der Waals surface area (Å²) in [5.41, 5.74) is 1.35. The van der Waals surface area contributed by atoms with Crippen LogP contribution in [0.3, 0.4) is 0 Å². The van der Waals surface area contributed by atoms with E-state index in [0.29, 0.717) is 47.4 Å². The maximum Gasteiger partial charge on any atom is 0.410 e. The van der Waals surface area contributed by atoms with Gasteiger partial charge in [-0.25, -0.2) is 19.4 Å². The van der Waals surface area contributed by atoms with E-state index in [2.05, 4.69) is 20.4 Å². The van der Waals surface area contributed by atoms with Crippen molar-refractivity contribution in [2.45, 2.75) is 46.3 Å². The molecule has 1 N–H and O–H groups in total. The van der Waals surface area contributed by atoms with Gasteiger partial charge in [0.25, 0.3) is 5.91 Å². The highest BCUT2D eigenvalue weighted by Gasteiger charge is 2.29. The van der Waals surface area contributed by atoms with E-state index < -0.39 is 5.60 Å². The number of anilines is 1. The van der Waals surface area contributed by atoms with E-state index in [9.17, 15) is 9.59 Å². The van der Waals surface area contributed by atoms with Crippen LogP contribution in [0.25, 0.3) is 5.82 Å². The molecule has 2 amide bonds. The molecule has 11 heteroatoms. The van der Waals surface area contributed by atoms with Gasteiger partial charge in [-0.3, -0.25) is 4.79 Å². The maximum atomic E-state index is 12.8. The summed E-state index contributed by atoms with van der Waals surface area (Å²) in [6, 6.07) is 5.36. The van der Waals surface area contributed by atoms with Gasteiger partial charge >= 0.3 is 6.09 Å². The third-order valence-corrected chi connectivity index (χ3v) is 5.97. The van der Waals surface area contributed by atoms with Gasteiger partial charge in [-0.15, -0.1) is 16.4 Å². The molecule has 3 aromatic rings. The number of aryl methyl sites for hydroxylation is 1. The van der Waals surface area contributed by atoms with Crippen LogP contribution in [0.15, 0.2) is 24.5 Å². The van der Waals surface area contributed by atoms with Crippen molar-refractivity contribution in [3.05, 3.63) is 51.2 Å². The average Bonchev–Trinajstić information content (AvgIpc) is 3.35. The van der Waals surface area contributed by atoms with E-state index in [1.807, 2.05) is 33.8 Å². The second-order valence-corrected chi connectivity index (χ2v) is 9.70. The molecular weight excluding hydrogens is 442 g/mol. The Bertz CT molecular complexity index is 1250. The molecule has 0 unspecified atom stereocenters. The second kappa shape index (κ2) is 8.63. The molecule has 0 aromatic carbocycles. The van der Waals surface area contributed by atoms with Crippen LogP contribution < -0.4 is 5.32 Å². The molecule has 33 heavy (non-hydrogen) atoms. The lowest BCUT2D eigenvalue weighted by atomic mass is 10.2. The van der Waals surface area contributed by atoms with Crippen LogP contribution in [0, 0.1) is 18.3 Å². The number of nitriles is 1. The Morgan fingerprint density at radius 3 is 2.76 bits per heavy atom. The smallest absolute Gasteiger partial charge is 0.410 e. The number of fused-ring (bicyclic) bond motifs is 1. The number of hydrogen-bond acceptors (Lipinski definition) is 8. The minimum atomic E-state index is -0.570. The molecule has 0 bridgehead atoms. The van der Waals surface area contributed by atoms with Crippen LogP contribution in [0.4, 0.5) is 10.6 Å². The molecule has 0 saturated carbocycles. The number of carbonyl (C=O) groups excluding carboxylic acids is 2. The molecule has 0 fully saturated rings. The van der Waals surface area contributed by atoms with Crippen molar-refractivity contribution < 1.29 is 14.3 Å². The zero-order valence-electron chi connectivity index (χ0n) is 18.7. The number of aromatic nitrogens is 4. The summed E-state index contributed by atoms with van der Waals surface area (Å²) in [6.45, 7) is 8.14. The summed E-state index contributed by atoms with van der Waals surface area (Å²) >= 11 is 1.32. The van der Waals surface area contributed by atoms with Gasteiger partial charge in [0, 0.05) is 35.8 Å². The molecule has 4 heterocycles. The quantitative estimate of drug-likeness (QED) is 0.628. The van der Waals surface area contributed by atoms with Crippen LogP contribution in [0.5, 0.6) is 0 Å². The maximum absolute atomic E-state index is 12.8. The molecule has 0 spiro atoms. The number of nitrogens with one attached hydrogen (secondary N) is 1. The molecule has 1 aliphatic rings. The van der Waals surface area contributed by atoms with Crippen LogP contribution in [-0.4, -0.2) is 48.8 Å². The number of nitrogens with zero attached hydrogens (tertiary/aromatic N) is 6. The summed E-state index contributed by atoms with van der Waals surface area (Å²) < 4.78 is 6.98. The Kier molecular flexibility index (Phi) is 5.86. The van der Waals surface area contributed by atoms with Gasteiger partial charge in [0.05, 0.1) is 17.8 Å². The first kappa shape index (κ1) is 22.4. The molecule has 0 aliphatic carbocycles. The van der Waals surface area contributed by atoms with Crippen molar-refractivity contribution in [2.75, 3.05) is 11.9 Å². The van der Waals surface area contributed by atoms with E-state index in [0.717, 1.165) is 10.4 Å². The Hall–Kier alpha value is -3.78. The van der Waals surface area contributed by atoms with Crippen molar-refractivity contribution in [3.63, 3.8) is 0 Å². The van der Waals surface area contributed by atoms with Gasteiger partial charge in [0.1, 0.15) is 11.7 Å². The summed E-state index contributed by atoms with van der Waals surface area (Å²) in [5.74, 6) is 0.568. The monoisotopic (exact) mass is 465 g/mol. The topological polar surface area (TPSA) is 126 Å². The van der Waals surface area contributed by atoms with Gasteiger partial charge in [0.2, 0.25) is 0 Å². The predicted octanol–water partition coefficient (Wildman–Crippen LogP) is 3.45. The highest BCUT2D eigenvalue weighted by atomic mass is 32.1. The van der Waals surface area contributed by atoms with Crippen molar-refractivity contribution in [3.8, 4) is 11.9 Å². The van der Waals surface area contributed by atoms with Crippen LogP contribution in [-0.2, 0) is 17.7 Å². The van der Waals surface area contributed by atoms with Gasteiger partial charge < -0.3 is 15.0 Å². The van der Waals surface area contributed by atoms with E-state index >= 15 is 0 Å². The van der Waals surface area contributed by atoms with Gasteiger partial charge in [-0.05, 0) is 39.8 Å². The van der Waals surface area contributed by atoms with Crippen LogP contribution >= 0.6 is 11.3 Å². The standard InChI is InChI=1S/C22H23N7O3S/c1-13-11-29(17-6-5-14(9-23)10-24-17)27-18(13)26-19(30)20-25-15-12-28(8-7-16(15)33-20)21(31)32-22(2,3)4/h5-6,10-11H,7-8,12H2,1-4H3,(H,26,27,30). The largest absolute Gasteiger partial charge is 0.444 e. The summed E-state index contributed by atoms with van der Waals surface area (Å²) in [6.07, 6.45) is 3.45. The van der Waals surface area contributed by atoms with E-state index in [1.54, 1.807) is 23.2 Å². The number of rotatable bonds is 3. The Balaban J connectivity index is 1.46. The molecular formula is C22H23N7O3S. The predicted molar refractivity (Wildman–Crippen MR) is 121 cm³/mol. The van der Waals surface area contributed by atoms with Crippen LogP contribution in [0.1, 0.15) is 52.3 Å². The van der Waals surface area contributed by atoms with Crippen molar-refractivity contribution in [1.82, 2.24) is 24.6 Å². The molecule has 10 nitrogen and oxygen atoms in total. The number of hydrogen-bond donors (Lipinski definition) is 1. The number of thiazole rings is 1. The SMILES string of the molecule is Cc1cn(-c2ccc(C#N)cn2)nc1NC(=O)c1nc2c(s1)CCN(C(=O)OC(C)(C)C)C2. The first-order chi connectivity index (χ1) is 15.6. The van der Waals surface area contributed by atoms with E-state index in [4.69, 9.17) is 10.00 Å². The van der Waals surface area contributed by atoms with E-state index in [-0.39, 0.29) is 12.0 Å². The number of ether oxygens (including phenoxy) is 1. The fourth-order valence-electron chi connectivity index (χ4n) is 3.23. The average molecular weight is 466 g/mol. The molecule has 170 valence electrons. The van der Waals surface area contributed by atoms with Crippen molar-refractivity contribution in [2.24, 2.45) is 0 Å². The fourth-order valence-corrected chi connectivity index (χ4v) is 4.18. The molecule has 0 saturated heterocycles.